The first-order chi connectivity index (χ1) is 10.3. The summed E-state index contributed by atoms with van der Waals surface area (Å²) in [4.78, 5) is 11.4. The number of hydrogen-bond donors (Lipinski definition) is 2. The molecule has 0 aromatic heterocycles. The Bertz CT molecular complexity index is 541. The lowest BCUT2D eigenvalue weighted by Crippen LogP contribution is -2.37. The van der Waals surface area contributed by atoms with E-state index < -0.39 is 17.3 Å². The van der Waals surface area contributed by atoms with Gasteiger partial charge in [0.2, 0.25) is 5.91 Å². The molecule has 5 nitrogen and oxygen atoms in total. The van der Waals surface area contributed by atoms with E-state index in [0.717, 1.165) is 11.3 Å². The van der Waals surface area contributed by atoms with Crippen molar-refractivity contribution in [3.63, 3.8) is 0 Å². The first-order valence-corrected chi connectivity index (χ1v) is 8.70. The van der Waals surface area contributed by atoms with Crippen LogP contribution in [0.5, 0.6) is 5.75 Å². The SMILES string of the molecule is CC(C)(C)[S+]([O-])CC(O)COc1cccc2c1CCC(=O)N2. The van der Waals surface area contributed by atoms with Crippen molar-refractivity contribution >= 4 is 22.8 Å². The average molecular weight is 325 g/mol. The zero-order chi connectivity index (χ0) is 16.3. The Morgan fingerprint density at radius 2 is 2.14 bits per heavy atom. The Morgan fingerprint density at radius 3 is 2.82 bits per heavy atom. The molecule has 2 atom stereocenters. The molecular weight excluding hydrogens is 302 g/mol. The van der Waals surface area contributed by atoms with Gasteiger partial charge in [0, 0.05) is 17.7 Å². The van der Waals surface area contributed by atoms with Crippen molar-refractivity contribution in [3.05, 3.63) is 23.8 Å². The standard InChI is InChI=1S/C16H23NO4S/c1-16(2,3)22(20)10-11(18)9-21-14-6-4-5-13-12(14)7-8-15(19)17-13/h4-6,11,18H,7-10H2,1-3H3,(H,17,19). The highest BCUT2D eigenvalue weighted by molar-refractivity contribution is 7.92. The van der Waals surface area contributed by atoms with Gasteiger partial charge in [-0.1, -0.05) is 6.07 Å². The van der Waals surface area contributed by atoms with Crippen LogP contribution in [0.4, 0.5) is 5.69 Å². The molecule has 1 amide bonds. The molecule has 0 bridgehead atoms. The normalized spacial score (nSPS) is 17.4. The fourth-order valence-electron chi connectivity index (χ4n) is 2.19. The molecule has 0 radical (unpaired) electrons. The van der Waals surface area contributed by atoms with Crippen LogP contribution in [0.1, 0.15) is 32.8 Å². The largest absolute Gasteiger partial charge is 0.616 e. The first kappa shape index (κ1) is 17.1. The summed E-state index contributed by atoms with van der Waals surface area (Å²) < 4.78 is 17.3. The number of carbonyl (C=O) groups excluding carboxylic acids is 1. The monoisotopic (exact) mass is 325 g/mol. The molecule has 1 aromatic rings. The average Bonchev–Trinajstić information content (AvgIpc) is 2.43. The third-order valence-electron chi connectivity index (χ3n) is 3.47. The molecule has 2 unspecified atom stereocenters. The highest BCUT2D eigenvalue weighted by Crippen LogP contribution is 2.31. The zero-order valence-electron chi connectivity index (χ0n) is 13.2. The molecule has 122 valence electrons. The summed E-state index contributed by atoms with van der Waals surface area (Å²) in [5.41, 5.74) is 1.72. The predicted octanol–water partition coefficient (Wildman–Crippen LogP) is 1.86. The topological polar surface area (TPSA) is 81.6 Å². The lowest BCUT2D eigenvalue weighted by molar-refractivity contribution is -0.116. The van der Waals surface area contributed by atoms with Crippen LogP contribution < -0.4 is 10.1 Å². The number of carbonyl (C=O) groups is 1. The summed E-state index contributed by atoms with van der Waals surface area (Å²) >= 11 is -1.12. The number of aliphatic hydroxyl groups is 1. The fourth-order valence-corrected chi connectivity index (χ4v) is 3.13. The molecule has 0 saturated heterocycles. The molecule has 0 spiro atoms. The Morgan fingerprint density at radius 1 is 1.41 bits per heavy atom. The van der Waals surface area contributed by atoms with Gasteiger partial charge in [0.25, 0.3) is 0 Å². The third kappa shape index (κ3) is 4.38. The highest BCUT2D eigenvalue weighted by atomic mass is 32.2. The van der Waals surface area contributed by atoms with E-state index in [9.17, 15) is 14.5 Å². The molecule has 6 heteroatoms. The van der Waals surface area contributed by atoms with Crippen LogP contribution >= 0.6 is 0 Å². The van der Waals surface area contributed by atoms with Crippen molar-refractivity contribution in [1.29, 1.82) is 0 Å². The number of rotatable bonds is 5. The van der Waals surface area contributed by atoms with Crippen molar-refractivity contribution in [3.8, 4) is 5.75 Å². The molecule has 1 aliphatic heterocycles. The number of amides is 1. The van der Waals surface area contributed by atoms with Gasteiger partial charge in [0.05, 0.1) is 0 Å². The van der Waals surface area contributed by atoms with E-state index >= 15 is 0 Å². The van der Waals surface area contributed by atoms with E-state index in [1.54, 1.807) is 6.07 Å². The van der Waals surface area contributed by atoms with Gasteiger partial charge in [0.1, 0.15) is 29.0 Å². The van der Waals surface area contributed by atoms with Crippen LogP contribution in [0.15, 0.2) is 18.2 Å². The maximum atomic E-state index is 12.0. The second-order valence-corrected chi connectivity index (χ2v) is 8.67. The Labute approximate surface area is 134 Å². The quantitative estimate of drug-likeness (QED) is 0.810. The fraction of sp³-hybridized carbons (Fsp3) is 0.562. The summed E-state index contributed by atoms with van der Waals surface area (Å²) in [6.07, 6.45) is 0.278. The molecule has 22 heavy (non-hydrogen) atoms. The highest BCUT2D eigenvalue weighted by Gasteiger charge is 2.28. The van der Waals surface area contributed by atoms with Gasteiger partial charge >= 0.3 is 0 Å². The summed E-state index contributed by atoms with van der Waals surface area (Å²) in [6.45, 7) is 5.74. The van der Waals surface area contributed by atoms with E-state index in [-0.39, 0.29) is 23.0 Å². The molecule has 1 aromatic carbocycles. The minimum absolute atomic E-state index is 0.00487. The van der Waals surface area contributed by atoms with Crippen molar-refractivity contribution in [2.45, 2.75) is 44.5 Å². The molecule has 1 heterocycles. The number of ether oxygens (including phenoxy) is 1. The van der Waals surface area contributed by atoms with E-state index in [0.29, 0.717) is 18.6 Å². The lowest BCUT2D eigenvalue weighted by Gasteiger charge is -2.26. The molecule has 0 saturated carbocycles. The number of benzene rings is 1. The van der Waals surface area contributed by atoms with Crippen LogP contribution in [-0.4, -0.2) is 38.8 Å². The van der Waals surface area contributed by atoms with E-state index in [2.05, 4.69) is 5.32 Å². The van der Waals surface area contributed by atoms with Crippen molar-refractivity contribution < 1.29 is 19.2 Å². The maximum absolute atomic E-state index is 12.0. The molecule has 2 N–H and O–H groups in total. The molecule has 1 aliphatic rings. The van der Waals surface area contributed by atoms with Crippen LogP contribution in [0.25, 0.3) is 0 Å². The molecule has 0 aliphatic carbocycles. The van der Waals surface area contributed by atoms with Gasteiger partial charge < -0.3 is 19.7 Å². The predicted molar refractivity (Wildman–Crippen MR) is 87.7 cm³/mol. The number of fused-ring (bicyclic) bond motifs is 1. The van der Waals surface area contributed by atoms with Crippen molar-refractivity contribution in [2.24, 2.45) is 0 Å². The van der Waals surface area contributed by atoms with Crippen molar-refractivity contribution in [1.82, 2.24) is 0 Å². The van der Waals surface area contributed by atoms with E-state index in [1.165, 1.54) is 0 Å². The second kappa shape index (κ2) is 6.89. The Kier molecular flexibility index (Phi) is 5.36. The Hall–Kier alpha value is -1.24. The minimum Gasteiger partial charge on any atom is -0.616 e. The molecule has 0 fully saturated rings. The van der Waals surface area contributed by atoms with Crippen LogP contribution in [0.2, 0.25) is 0 Å². The minimum atomic E-state index is -1.12. The van der Waals surface area contributed by atoms with Gasteiger partial charge in [-0.25, -0.2) is 0 Å². The maximum Gasteiger partial charge on any atom is 0.224 e. The van der Waals surface area contributed by atoms with Gasteiger partial charge in [-0.15, -0.1) is 0 Å². The molecular formula is C16H23NO4S. The summed E-state index contributed by atoms with van der Waals surface area (Å²) in [6, 6.07) is 5.47. The lowest BCUT2D eigenvalue weighted by atomic mass is 10.0. The van der Waals surface area contributed by atoms with Crippen LogP contribution in [0, 0.1) is 0 Å². The summed E-state index contributed by atoms with van der Waals surface area (Å²) in [5, 5.41) is 12.8. The smallest absolute Gasteiger partial charge is 0.224 e. The van der Waals surface area contributed by atoms with Gasteiger partial charge in [-0.3, -0.25) is 4.79 Å². The van der Waals surface area contributed by atoms with Crippen LogP contribution in [-0.2, 0) is 22.4 Å². The Balaban J connectivity index is 1.95. The summed E-state index contributed by atoms with van der Waals surface area (Å²) in [7, 11) is 0. The number of hydrogen-bond acceptors (Lipinski definition) is 4. The third-order valence-corrected chi connectivity index (χ3v) is 5.52. The van der Waals surface area contributed by atoms with Gasteiger partial charge in [-0.05, 0) is 50.5 Å². The number of nitrogens with one attached hydrogen (secondary N) is 1. The van der Waals surface area contributed by atoms with E-state index in [1.807, 2.05) is 32.9 Å². The number of aliphatic hydroxyl groups excluding tert-OH is 1. The second-order valence-electron chi connectivity index (χ2n) is 6.42. The van der Waals surface area contributed by atoms with Crippen molar-refractivity contribution in [2.75, 3.05) is 17.7 Å². The zero-order valence-corrected chi connectivity index (χ0v) is 14.0. The van der Waals surface area contributed by atoms with Gasteiger partial charge in [-0.2, -0.15) is 0 Å². The summed E-state index contributed by atoms with van der Waals surface area (Å²) in [5.74, 6) is 0.860. The van der Waals surface area contributed by atoms with E-state index in [4.69, 9.17) is 4.74 Å². The number of anilines is 1. The van der Waals surface area contributed by atoms with Crippen LogP contribution in [0.3, 0.4) is 0 Å². The van der Waals surface area contributed by atoms with Gasteiger partial charge in [0.15, 0.2) is 0 Å². The molecule has 2 rings (SSSR count). The first-order valence-electron chi connectivity index (χ1n) is 7.38.